The van der Waals surface area contributed by atoms with Gasteiger partial charge in [0, 0.05) is 22.7 Å². The molecule has 0 spiro atoms. The maximum Gasteiger partial charge on any atom is 0.228 e. The molecule has 1 amide bonds. The molecular formula is C18H13ClN2O3. The van der Waals surface area contributed by atoms with Crippen LogP contribution < -0.4 is 10.1 Å². The summed E-state index contributed by atoms with van der Waals surface area (Å²) in [5.74, 6) is 0.495. The number of amides is 1. The quantitative estimate of drug-likeness (QED) is 0.774. The predicted molar refractivity (Wildman–Crippen MR) is 91.3 cm³/mol. The van der Waals surface area contributed by atoms with Gasteiger partial charge in [0.15, 0.2) is 0 Å². The smallest absolute Gasteiger partial charge is 0.228 e. The lowest BCUT2D eigenvalue weighted by molar-refractivity contribution is -0.115. The van der Waals surface area contributed by atoms with Crippen molar-refractivity contribution in [3.05, 3.63) is 58.8 Å². The molecule has 0 atom stereocenters. The third kappa shape index (κ3) is 3.19. The lowest BCUT2D eigenvalue weighted by atomic mass is 10.1. The number of nitrogens with one attached hydrogen (secondary N) is 1. The van der Waals surface area contributed by atoms with Crippen LogP contribution in [0.25, 0.3) is 11.0 Å². The first-order chi connectivity index (χ1) is 11.6. The summed E-state index contributed by atoms with van der Waals surface area (Å²) in [5.41, 5.74) is 2.35. The van der Waals surface area contributed by atoms with Crippen LogP contribution >= 0.6 is 11.6 Å². The fraction of sp³-hybridized carbons (Fsp3) is 0.111. The highest BCUT2D eigenvalue weighted by atomic mass is 35.5. The van der Waals surface area contributed by atoms with E-state index in [0.29, 0.717) is 27.6 Å². The first-order valence-electron chi connectivity index (χ1n) is 7.14. The van der Waals surface area contributed by atoms with Crippen molar-refractivity contribution in [3.63, 3.8) is 0 Å². The number of fused-ring (bicyclic) bond motifs is 1. The van der Waals surface area contributed by atoms with Gasteiger partial charge in [0.05, 0.1) is 30.4 Å². The zero-order valence-electron chi connectivity index (χ0n) is 12.8. The van der Waals surface area contributed by atoms with Crippen molar-refractivity contribution in [2.45, 2.75) is 6.42 Å². The molecule has 24 heavy (non-hydrogen) atoms. The number of nitrogens with zero attached hydrogens (tertiary/aromatic N) is 1. The molecule has 0 fully saturated rings. The van der Waals surface area contributed by atoms with Crippen molar-refractivity contribution in [1.82, 2.24) is 0 Å². The molecule has 1 N–H and O–H groups in total. The Morgan fingerprint density at radius 3 is 2.88 bits per heavy atom. The van der Waals surface area contributed by atoms with Crippen LogP contribution in [0, 0.1) is 11.3 Å². The molecule has 3 rings (SSSR count). The topological polar surface area (TPSA) is 75.3 Å². The molecule has 3 aromatic rings. The summed E-state index contributed by atoms with van der Waals surface area (Å²) < 4.78 is 10.6. The van der Waals surface area contributed by atoms with E-state index >= 15 is 0 Å². The van der Waals surface area contributed by atoms with Crippen LogP contribution in [0.2, 0.25) is 5.02 Å². The molecule has 5 nitrogen and oxygen atoms in total. The second kappa shape index (κ2) is 6.65. The number of hydrogen-bond acceptors (Lipinski definition) is 4. The molecule has 0 saturated carbocycles. The monoisotopic (exact) mass is 340 g/mol. The number of hydrogen-bond donors (Lipinski definition) is 1. The normalized spacial score (nSPS) is 10.4. The molecule has 0 aliphatic carbocycles. The summed E-state index contributed by atoms with van der Waals surface area (Å²) in [4.78, 5) is 12.2. The highest BCUT2D eigenvalue weighted by molar-refractivity contribution is 6.32. The molecular weight excluding hydrogens is 328 g/mol. The van der Waals surface area contributed by atoms with E-state index in [1.807, 2.05) is 18.2 Å². The van der Waals surface area contributed by atoms with Gasteiger partial charge in [0.1, 0.15) is 17.4 Å². The number of nitriles is 1. The van der Waals surface area contributed by atoms with Gasteiger partial charge in [-0.25, -0.2) is 0 Å². The van der Waals surface area contributed by atoms with Crippen molar-refractivity contribution in [1.29, 1.82) is 5.26 Å². The molecule has 120 valence electrons. The fourth-order valence-electron chi connectivity index (χ4n) is 2.39. The Bertz CT molecular complexity index is 957. The molecule has 0 aliphatic rings. The molecule has 0 radical (unpaired) electrons. The number of furan rings is 1. The summed E-state index contributed by atoms with van der Waals surface area (Å²) in [7, 11) is 1.58. The molecule has 6 heteroatoms. The number of rotatable bonds is 4. The zero-order chi connectivity index (χ0) is 17.1. The second-order valence-corrected chi connectivity index (χ2v) is 5.56. The molecule has 0 saturated heterocycles. The van der Waals surface area contributed by atoms with E-state index in [4.69, 9.17) is 26.0 Å². The van der Waals surface area contributed by atoms with Crippen LogP contribution in [0.1, 0.15) is 11.1 Å². The van der Waals surface area contributed by atoms with Crippen LogP contribution in [0.15, 0.2) is 47.1 Å². The van der Waals surface area contributed by atoms with E-state index in [9.17, 15) is 4.79 Å². The van der Waals surface area contributed by atoms with Crippen molar-refractivity contribution in [2.24, 2.45) is 0 Å². The fourth-order valence-corrected chi connectivity index (χ4v) is 2.61. The average Bonchev–Trinajstić information content (AvgIpc) is 2.97. The van der Waals surface area contributed by atoms with Crippen LogP contribution in [-0.4, -0.2) is 13.0 Å². The number of methoxy groups -OCH3 is 1. The largest absolute Gasteiger partial charge is 0.497 e. The van der Waals surface area contributed by atoms with Crippen LogP contribution in [0.4, 0.5) is 5.69 Å². The average molecular weight is 341 g/mol. The Morgan fingerprint density at radius 2 is 2.17 bits per heavy atom. The number of anilines is 1. The van der Waals surface area contributed by atoms with Crippen molar-refractivity contribution in [2.75, 3.05) is 12.4 Å². The van der Waals surface area contributed by atoms with Crippen LogP contribution in [-0.2, 0) is 11.2 Å². The summed E-state index contributed by atoms with van der Waals surface area (Å²) >= 11 is 5.96. The summed E-state index contributed by atoms with van der Waals surface area (Å²) in [5, 5.41) is 12.8. The Labute approximate surface area is 143 Å². The van der Waals surface area contributed by atoms with Crippen molar-refractivity contribution in [3.8, 4) is 11.8 Å². The predicted octanol–water partition coefficient (Wildman–Crippen LogP) is 4.15. The van der Waals surface area contributed by atoms with Gasteiger partial charge in [-0.05, 0) is 30.3 Å². The minimum atomic E-state index is -0.200. The maximum absolute atomic E-state index is 12.2. The summed E-state index contributed by atoms with van der Waals surface area (Å²) in [6, 6.07) is 12.2. The number of carbonyl (C=O) groups is 1. The van der Waals surface area contributed by atoms with Gasteiger partial charge in [-0.15, -0.1) is 0 Å². The lowest BCUT2D eigenvalue weighted by Crippen LogP contribution is -2.14. The Balaban J connectivity index is 1.75. The minimum absolute atomic E-state index is 0.164. The lowest BCUT2D eigenvalue weighted by Gasteiger charge is -2.06. The van der Waals surface area contributed by atoms with E-state index in [0.717, 1.165) is 10.9 Å². The number of halogens is 1. The van der Waals surface area contributed by atoms with Gasteiger partial charge in [-0.2, -0.15) is 5.26 Å². The van der Waals surface area contributed by atoms with E-state index in [1.54, 1.807) is 37.6 Å². The minimum Gasteiger partial charge on any atom is -0.497 e. The Morgan fingerprint density at radius 1 is 1.33 bits per heavy atom. The summed E-state index contributed by atoms with van der Waals surface area (Å²) in [6.45, 7) is 0. The van der Waals surface area contributed by atoms with Crippen molar-refractivity contribution < 1.29 is 13.9 Å². The van der Waals surface area contributed by atoms with Crippen LogP contribution in [0.5, 0.6) is 5.75 Å². The Kier molecular flexibility index (Phi) is 4.41. The van der Waals surface area contributed by atoms with Gasteiger partial charge in [-0.1, -0.05) is 11.6 Å². The van der Waals surface area contributed by atoms with E-state index in [-0.39, 0.29) is 12.3 Å². The molecule has 2 aromatic carbocycles. The summed E-state index contributed by atoms with van der Waals surface area (Å²) in [6.07, 6.45) is 1.73. The van der Waals surface area contributed by atoms with Gasteiger partial charge in [-0.3, -0.25) is 4.79 Å². The molecule has 1 heterocycles. The zero-order valence-corrected chi connectivity index (χ0v) is 13.6. The van der Waals surface area contributed by atoms with Gasteiger partial charge < -0.3 is 14.5 Å². The first-order valence-corrected chi connectivity index (χ1v) is 7.52. The third-order valence-electron chi connectivity index (χ3n) is 3.59. The van der Waals surface area contributed by atoms with Gasteiger partial charge in [0.2, 0.25) is 5.91 Å². The molecule has 1 aromatic heterocycles. The van der Waals surface area contributed by atoms with Crippen LogP contribution in [0.3, 0.4) is 0 Å². The Hall–Kier alpha value is -2.97. The van der Waals surface area contributed by atoms with E-state index in [2.05, 4.69) is 5.32 Å². The van der Waals surface area contributed by atoms with Gasteiger partial charge in [0.25, 0.3) is 0 Å². The maximum atomic E-state index is 12.2. The number of ether oxygens (including phenoxy) is 1. The molecule has 0 bridgehead atoms. The number of carbonyl (C=O) groups excluding carboxylic acids is 1. The third-order valence-corrected chi connectivity index (χ3v) is 3.90. The molecule has 0 unspecified atom stereocenters. The first kappa shape index (κ1) is 15.9. The second-order valence-electron chi connectivity index (χ2n) is 5.15. The SMILES string of the molecule is COc1ccc2c(CC(=O)Nc3ccc(C#N)c(Cl)c3)coc2c1. The molecule has 0 aliphatic heterocycles. The standard InChI is InChI=1S/C18H13ClN2O3/c1-23-14-4-5-15-12(10-24-17(15)8-14)6-18(22)21-13-3-2-11(9-20)16(19)7-13/h2-5,7-8,10H,6H2,1H3,(H,21,22). The highest BCUT2D eigenvalue weighted by Crippen LogP contribution is 2.26. The van der Waals surface area contributed by atoms with E-state index in [1.165, 1.54) is 0 Å². The van der Waals surface area contributed by atoms with E-state index < -0.39 is 0 Å². The van der Waals surface area contributed by atoms with Gasteiger partial charge >= 0.3 is 0 Å². The number of benzene rings is 2. The highest BCUT2D eigenvalue weighted by Gasteiger charge is 2.12. The van der Waals surface area contributed by atoms with Crippen molar-refractivity contribution >= 4 is 34.2 Å².